The number of benzene rings is 1. The average Bonchev–Trinajstić information content (AvgIpc) is 3.01. The molecule has 1 aromatic carbocycles. The van der Waals surface area contributed by atoms with E-state index in [2.05, 4.69) is 27.3 Å². The summed E-state index contributed by atoms with van der Waals surface area (Å²) in [5.41, 5.74) is 1.59. The van der Waals surface area contributed by atoms with Gasteiger partial charge in [0.1, 0.15) is 11.5 Å². The van der Waals surface area contributed by atoms with Crippen LogP contribution in [0.5, 0.6) is 11.6 Å². The lowest BCUT2D eigenvalue weighted by Gasteiger charge is -2.26. The lowest BCUT2D eigenvalue weighted by molar-refractivity contribution is -0.116. The smallest absolute Gasteiger partial charge is 0.237 e. The van der Waals surface area contributed by atoms with Gasteiger partial charge < -0.3 is 20.1 Å². The summed E-state index contributed by atoms with van der Waals surface area (Å²) in [7, 11) is 0. The van der Waals surface area contributed by atoms with Gasteiger partial charge in [-0.3, -0.25) is 4.79 Å². The SMILES string of the molecule is C=C(NCC1COC1)Nc1cn2nc(Oc3cccc(CC(C)=O)c3)ccc2n1. The first-order valence-electron chi connectivity index (χ1n) is 9.45. The van der Waals surface area contributed by atoms with Gasteiger partial charge in [0, 0.05) is 24.9 Å². The van der Waals surface area contributed by atoms with Crippen LogP contribution in [0.1, 0.15) is 12.5 Å². The van der Waals surface area contributed by atoms with Crippen LogP contribution in [0.4, 0.5) is 5.82 Å². The van der Waals surface area contributed by atoms with Gasteiger partial charge in [0.05, 0.1) is 25.2 Å². The number of hydrogen-bond donors (Lipinski definition) is 2. The third-order valence-corrected chi connectivity index (χ3v) is 4.46. The predicted octanol–water partition coefficient (Wildman–Crippen LogP) is 2.77. The Morgan fingerprint density at radius 1 is 1.34 bits per heavy atom. The largest absolute Gasteiger partial charge is 0.438 e. The number of ether oxygens (including phenoxy) is 2. The van der Waals surface area contributed by atoms with Crippen molar-refractivity contribution in [1.29, 1.82) is 0 Å². The number of ketones is 1. The Balaban J connectivity index is 1.41. The first kappa shape index (κ1) is 18.9. The van der Waals surface area contributed by atoms with Crippen molar-refractivity contribution in [1.82, 2.24) is 19.9 Å². The molecule has 0 unspecified atom stereocenters. The molecule has 2 N–H and O–H groups in total. The van der Waals surface area contributed by atoms with Crippen LogP contribution in [0, 0.1) is 5.92 Å². The molecule has 29 heavy (non-hydrogen) atoms. The monoisotopic (exact) mass is 393 g/mol. The van der Waals surface area contributed by atoms with E-state index in [1.54, 1.807) is 23.7 Å². The van der Waals surface area contributed by atoms with Crippen LogP contribution in [-0.4, -0.2) is 40.1 Å². The molecule has 1 aliphatic heterocycles. The summed E-state index contributed by atoms with van der Waals surface area (Å²) in [6, 6.07) is 11.0. The van der Waals surface area contributed by atoms with Crippen molar-refractivity contribution in [2.75, 3.05) is 25.1 Å². The fourth-order valence-corrected chi connectivity index (χ4v) is 2.98. The van der Waals surface area contributed by atoms with Gasteiger partial charge in [-0.2, -0.15) is 0 Å². The number of carbonyl (C=O) groups excluding carboxylic acids is 1. The zero-order chi connectivity index (χ0) is 20.2. The number of rotatable bonds is 9. The standard InChI is InChI=1S/C21H23N5O3/c1-14(27)8-16-4-3-5-18(9-16)29-21-7-6-20-24-19(11-26(20)25-21)23-15(2)22-10-17-12-28-13-17/h3-7,9,11,17,22-23H,2,8,10,12-13H2,1H3. The number of hydrogen-bond acceptors (Lipinski definition) is 7. The zero-order valence-corrected chi connectivity index (χ0v) is 16.2. The van der Waals surface area contributed by atoms with Crippen molar-refractivity contribution >= 4 is 17.2 Å². The van der Waals surface area contributed by atoms with E-state index in [9.17, 15) is 4.79 Å². The highest BCUT2D eigenvalue weighted by Crippen LogP contribution is 2.22. The Bertz CT molecular complexity index is 1040. The number of imidazole rings is 1. The molecule has 3 heterocycles. The minimum atomic E-state index is 0.109. The van der Waals surface area contributed by atoms with Crippen molar-refractivity contribution in [2.24, 2.45) is 5.92 Å². The van der Waals surface area contributed by atoms with E-state index in [1.807, 2.05) is 30.3 Å². The minimum absolute atomic E-state index is 0.109. The number of carbonyl (C=O) groups is 1. The van der Waals surface area contributed by atoms with E-state index in [1.165, 1.54) is 0 Å². The van der Waals surface area contributed by atoms with E-state index < -0.39 is 0 Å². The maximum Gasteiger partial charge on any atom is 0.237 e. The fraction of sp³-hybridized carbons (Fsp3) is 0.286. The minimum Gasteiger partial charge on any atom is -0.438 e. The molecule has 0 spiro atoms. The normalized spacial score (nSPS) is 13.7. The summed E-state index contributed by atoms with van der Waals surface area (Å²) in [4.78, 5) is 15.8. The second-order valence-electron chi connectivity index (χ2n) is 7.12. The summed E-state index contributed by atoms with van der Waals surface area (Å²) in [5, 5.41) is 10.8. The lowest BCUT2D eigenvalue weighted by atomic mass is 10.1. The van der Waals surface area contributed by atoms with Gasteiger partial charge in [-0.25, -0.2) is 9.50 Å². The first-order valence-corrected chi connectivity index (χ1v) is 9.45. The van der Waals surface area contributed by atoms with Gasteiger partial charge in [0.25, 0.3) is 0 Å². The van der Waals surface area contributed by atoms with E-state index >= 15 is 0 Å². The number of anilines is 1. The van der Waals surface area contributed by atoms with Crippen molar-refractivity contribution in [3.8, 4) is 11.6 Å². The molecule has 0 radical (unpaired) electrons. The van der Waals surface area contributed by atoms with Gasteiger partial charge >= 0.3 is 0 Å². The van der Waals surface area contributed by atoms with E-state index in [-0.39, 0.29) is 5.78 Å². The Hall–Kier alpha value is -3.39. The molecule has 1 fully saturated rings. The maximum atomic E-state index is 11.3. The van der Waals surface area contributed by atoms with Crippen LogP contribution in [0.3, 0.4) is 0 Å². The number of aromatic nitrogens is 3. The molecule has 4 rings (SSSR count). The van der Waals surface area contributed by atoms with Crippen LogP contribution in [0.25, 0.3) is 5.65 Å². The second kappa shape index (κ2) is 8.32. The summed E-state index contributed by atoms with van der Waals surface area (Å²) in [6.45, 7) is 7.94. The van der Waals surface area contributed by atoms with Gasteiger partial charge in [-0.1, -0.05) is 18.7 Å². The Morgan fingerprint density at radius 2 is 2.21 bits per heavy atom. The second-order valence-corrected chi connectivity index (χ2v) is 7.12. The molecule has 8 heteroatoms. The Kier molecular flexibility index (Phi) is 5.44. The molecule has 150 valence electrons. The Labute approximate surface area is 168 Å². The lowest BCUT2D eigenvalue weighted by Crippen LogP contribution is -2.37. The third kappa shape index (κ3) is 4.91. The molecule has 0 saturated carbocycles. The highest BCUT2D eigenvalue weighted by molar-refractivity contribution is 5.78. The van der Waals surface area contributed by atoms with Gasteiger partial charge in [0.15, 0.2) is 11.5 Å². The molecule has 0 aliphatic carbocycles. The molecular formula is C21H23N5O3. The fourth-order valence-electron chi connectivity index (χ4n) is 2.98. The van der Waals surface area contributed by atoms with Crippen LogP contribution in [-0.2, 0) is 16.0 Å². The van der Waals surface area contributed by atoms with Crippen LogP contribution in [0.2, 0.25) is 0 Å². The van der Waals surface area contributed by atoms with Crippen molar-refractivity contribution in [3.05, 3.63) is 60.6 Å². The molecule has 8 nitrogen and oxygen atoms in total. The van der Waals surface area contributed by atoms with Crippen molar-refractivity contribution < 1.29 is 14.3 Å². The number of nitrogens with zero attached hydrogens (tertiary/aromatic N) is 3. The summed E-state index contributed by atoms with van der Waals surface area (Å²) in [5.74, 6) is 3.02. The summed E-state index contributed by atoms with van der Waals surface area (Å²) in [6.07, 6.45) is 2.15. The van der Waals surface area contributed by atoms with Crippen LogP contribution >= 0.6 is 0 Å². The molecule has 3 aromatic rings. The molecular weight excluding hydrogens is 370 g/mol. The van der Waals surface area contributed by atoms with Gasteiger partial charge in [-0.05, 0) is 30.7 Å². The highest BCUT2D eigenvalue weighted by atomic mass is 16.5. The van der Waals surface area contributed by atoms with E-state index in [4.69, 9.17) is 9.47 Å². The van der Waals surface area contributed by atoms with Gasteiger partial charge in [0.2, 0.25) is 5.88 Å². The van der Waals surface area contributed by atoms with Crippen LogP contribution < -0.4 is 15.4 Å². The topological polar surface area (TPSA) is 89.8 Å². The predicted molar refractivity (Wildman–Crippen MR) is 109 cm³/mol. The van der Waals surface area contributed by atoms with E-state index in [0.717, 1.165) is 25.3 Å². The van der Waals surface area contributed by atoms with Crippen molar-refractivity contribution in [2.45, 2.75) is 13.3 Å². The Morgan fingerprint density at radius 3 is 2.97 bits per heavy atom. The first-order chi connectivity index (χ1) is 14.0. The number of nitrogens with one attached hydrogen (secondary N) is 2. The number of Topliss-reactive ketones (excluding diaryl/α,β-unsaturated/α-hetero) is 1. The summed E-state index contributed by atoms with van der Waals surface area (Å²) >= 11 is 0. The highest BCUT2D eigenvalue weighted by Gasteiger charge is 2.17. The van der Waals surface area contributed by atoms with Crippen LogP contribution in [0.15, 0.2) is 55.0 Å². The quantitative estimate of drug-likeness (QED) is 0.578. The molecule has 0 atom stereocenters. The molecule has 0 bridgehead atoms. The molecule has 1 saturated heterocycles. The van der Waals surface area contributed by atoms with Gasteiger partial charge in [-0.15, -0.1) is 5.10 Å². The zero-order valence-electron chi connectivity index (χ0n) is 16.2. The maximum absolute atomic E-state index is 11.3. The van der Waals surface area contributed by atoms with Crippen molar-refractivity contribution in [3.63, 3.8) is 0 Å². The molecule has 2 aromatic heterocycles. The summed E-state index contributed by atoms with van der Waals surface area (Å²) < 4.78 is 12.7. The van der Waals surface area contributed by atoms with E-state index in [0.29, 0.717) is 41.3 Å². The molecule has 1 aliphatic rings. The number of fused-ring (bicyclic) bond motifs is 1. The molecule has 0 amide bonds. The average molecular weight is 393 g/mol. The third-order valence-electron chi connectivity index (χ3n) is 4.46.